The van der Waals surface area contributed by atoms with Crippen LogP contribution in [0.15, 0.2) is 18.5 Å². The van der Waals surface area contributed by atoms with E-state index in [1.54, 1.807) is 11.0 Å². The van der Waals surface area contributed by atoms with Crippen LogP contribution in [0.25, 0.3) is 0 Å². The molecule has 2 unspecified atom stereocenters. The second-order valence-corrected chi connectivity index (χ2v) is 8.83. The Morgan fingerprint density at radius 1 is 1.23 bits per heavy atom. The van der Waals surface area contributed by atoms with Crippen molar-refractivity contribution in [1.82, 2.24) is 15.2 Å². The van der Waals surface area contributed by atoms with Gasteiger partial charge in [0.2, 0.25) is 11.8 Å². The molecule has 1 saturated carbocycles. The number of aromatic nitrogens is 1. The summed E-state index contributed by atoms with van der Waals surface area (Å²) in [7, 11) is 0. The number of likely N-dealkylation sites (tertiary alicyclic amines) is 1. The maximum absolute atomic E-state index is 12.8. The molecule has 8 nitrogen and oxygen atoms in total. The van der Waals surface area contributed by atoms with Gasteiger partial charge in [-0.1, -0.05) is 19.8 Å². The average molecular weight is 428 g/mol. The largest absolute Gasteiger partial charge is 0.374 e. The molecular formula is C23H33N5O3. The number of Topliss-reactive ketones (excluding diaryl/α,β-unsaturated/α-hetero) is 1. The number of nitrogens with one attached hydrogen (secondary N) is 3. The van der Waals surface area contributed by atoms with Crippen molar-refractivity contribution in [1.29, 1.82) is 5.41 Å². The number of hydrogen-bond acceptors (Lipinski definition) is 6. The topological polar surface area (TPSA) is 115 Å². The summed E-state index contributed by atoms with van der Waals surface area (Å²) < 4.78 is 0. The van der Waals surface area contributed by atoms with Crippen LogP contribution in [-0.2, 0) is 14.4 Å². The number of hydrogen-bond donors (Lipinski definition) is 3. The van der Waals surface area contributed by atoms with Crippen molar-refractivity contribution in [2.24, 2.45) is 11.8 Å². The second-order valence-electron chi connectivity index (χ2n) is 8.83. The highest BCUT2D eigenvalue weighted by molar-refractivity contribution is 6.45. The number of pyridine rings is 1. The van der Waals surface area contributed by atoms with Gasteiger partial charge in [0, 0.05) is 31.8 Å². The summed E-state index contributed by atoms with van der Waals surface area (Å²) in [5.41, 5.74) is 0.739. The number of rotatable bonds is 8. The fourth-order valence-corrected chi connectivity index (χ4v) is 4.66. The molecule has 1 saturated heterocycles. The van der Waals surface area contributed by atoms with E-state index < -0.39 is 6.04 Å². The number of ketones is 1. The molecule has 168 valence electrons. The highest BCUT2D eigenvalue weighted by atomic mass is 16.2. The number of carbonyl (C=O) groups excluding carboxylic acids is 3. The molecule has 2 amide bonds. The van der Waals surface area contributed by atoms with Gasteiger partial charge < -0.3 is 15.5 Å². The maximum Gasteiger partial charge on any atom is 0.242 e. The summed E-state index contributed by atoms with van der Waals surface area (Å²) in [5.74, 6) is 0.649. The Morgan fingerprint density at radius 3 is 2.77 bits per heavy atom. The SMILES string of the molecule is CC(=O)C(=N)c1ccncc1NCC(=O)N1CCC[C@H]1C(=O)NCC1CCCC(C)C1. The van der Waals surface area contributed by atoms with Crippen molar-refractivity contribution in [3.05, 3.63) is 24.0 Å². The minimum atomic E-state index is -0.431. The van der Waals surface area contributed by atoms with Crippen molar-refractivity contribution in [2.45, 2.75) is 58.4 Å². The Balaban J connectivity index is 1.55. The number of nitrogens with zero attached hydrogens (tertiary/aromatic N) is 2. The first-order valence-corrected chi connectivity index (χ1v) is 11.2. The van der Waals surface area contributed by atoms with Crippen LogP contribution < -0.4 is 10.6 Å². The predicted molar refractivity (Wildman–Crippen MR) is 119 cm³/mol. The van der Waals surface area contributed by atoms with Gasteiger partial charge in [-0.05, 0) is 43.6 Å². The summed E-state index contributed by atoms with van der Waals surface area (Å²) in [6, 6.07) is 1.15. The molecule has 1 aliphatic heterocycles. The Morgan fingerprint density at radius 2 is 2.03 bits per heavy atom. The minimum Gasteiger partial charge on any atom is -0.374 e. The van der Waals surface area contributed by atoms with Gasteiger partial charge in [-0.25, -0.2) is 0 Å². The van der Waals surface area contributed by atoms with E-state index in [1.165, 1.54) is 32.2 Å². The van der Waals surface area contributed by atoms with Crippen molar-refractivity contribution >= 4 is 29.0 Å². The lowest BCUT2D eigenvalue weighted by atomic mass is 9.82. The molecule has 31 heavy (non-hydrogen) atoms. The van der Waals surface area contributed by atoms with Gasteiger partial charge in [-0.2, -0.15) is 0 Å². The zero-order valence-corrected chi connectivity index (χ0v) is 18.4. The van der Waals surface area contributed by atoms with Gasteiger partial charge in [-0.3, -0.25) is 24.8 Å². The third-order valence-electron chi connectivity index (χ3n) is 6.36. The van der Waals surface area contributed by atoms with E-state index in [0.29, 0.717) is 42.6 Å². The molecule has 3 N–H and O–H groups in total. The average Bonchev–Trinajstić information content (AvgIpc) is 3.25. The summed E-state index contributed by atoms with van der Waals surface area (Å²) in [4.78, 5) is 42.8. The molecule has 0 aromatic carbocycles. The molecule has 3 rings (SSSR count). The fourth-order valence-electron chi connectivity index (χ4n) is 4.66. The van der Waals surface area contributed by atoms with Crippen LogP contribution in [-0.4, -0.2) is 58.9 Å². The van der Waals surface area contributed by atoms with Crippen LogP contribution in [0.5, 0.6) is 0 Å². The lowest BCUT2D eigenvalue weighted by molar-refractivity contribution is -0.137. The first kappa shape index (κ1) is 22.9. The van der Waals surface area contributed by atoms with Gasteiger partial charge >= 0.3 is 0 Å². The van der Waals surface area contributed by atoms with Gasteiger partial charge in [0.15, 0.2) is 5.78 Å². The van der Waals surface area contributed by atoms with E-state index in [2.05, 4.69) is 22.5 Å². The number of carbonyl (C=O) groups is 3. The van der Waals surface area contributed by atoms with E-state index >= 15 is 0 Å². The van der Waals surface area contributed by atoms with E-state index in [0.717, 1.165) is 19.3 Å². The maximum atomic E-state index is 12.8. The summed E-state index contributed by atoms with van der Waals surface area (Å²) in [5, 5.41) is 14.0. The normalized spacial score (nSPS) is 23.3. The summed E-state index contributed by atoms with van der Waals surface area (Å²) >= 11 is 0. The van der Waals surface area contributed by atoms with E-state index in [1.807, 2.05) is 0 Å². The Kier molecular flexibility index (Phi) is 7.76. The third kappa shape index (κ3) is 5.89. The van der Waals surface area contributed by atoms with Crippen LogP contribution in [0.4, 0.5) is 5.69 Å². The Bertz CT molecular complexity index is 840. The summed E-state index contributed by atoms with van der Waals surface area (Å²) in [6.45, 7) is 4.82. The van der Waals surface area contributed by atoms with Crippen LogP contribution in [0.3, 0.4) is 0 Å². The monoisotopic (exact) mass is 427 g/mol. The van der Waals surface area contributed by atoms with Crippen LogP contribution in [0, 0.1) is 17.2 Å². The lowest BCUT2D eigenvalue weighted by Crippen LogP contribution is -2.48. The van der Waals surface area contributed by atoms with Crippen LogP contribution in [0.2, 0.25) is 0 Å². The molecule has 1 aromatic rings. The molecule has 1 aliphatic carbocycles. The van der Waals surface area contributed by atoms with Crippen molar-refractivity contribution < 1.29 is 14.4 Å². The first-order valence-electron chi connectivity index (χ1n) is 11.2. The highest BCUT2D eigenvalue weighted by Gasteiger charge is 2.34. The molecule has 2 fully saturated rings. The standard InChI is InChI=1S/C23H33N5O3/c1-15-5-3-6-17(11-15)12-27-23(31)20-7-4-10-28(20)21(30)14-26-19-13-25-9-8-18(19)22(24)16(2)29/h8-9,13,15,17,20,24,26H,3-7,10-12,14H2,1-2H3,(H,27,31)/t15?,17?,20-/m0/s1. The molecule has 3 atom stereocenters. The highest BCUT2D eigenvalue weighted by Crippen LogP contribution is 2.28. The molecular weight excluding hydrogens is 394 g/mol. The van der Waals surface area contributed by atoms with Crippen molar-refractivity contribution in [3.8, 4) is 0 Å². The van der Waals surface area contributed by atoms with E-state index in [9.17, 15) is 14.4 Å². The van der Waals surface area contributed by atoms with Gasteiger partial charge in [0.25, 0.3) is 0 Å². The Labute approximate surface area is 183 Å². The first-order chi connectivity index (χ1) is 14.9. The van der Waals surface area contributed by atoms with Gasteiger partial charge in [0.05, 0.1) is 18.4 Å². The summed E-state index contributed by atoms with van der Waals surface area (Å²) in [6.07, 6.45) is 9.28. The van der Waals surface area contributed by atoms with Gasteiger partial charge in [-0.15, -0.1) is 0 Å². The minimum absolute atomic E-state index is 0.0200. The zero-order chi connectivity index (χ0) is 22.4. The van der Waals surface area contributed by atoms with Crippen molar-refractivity contribution in [2.75, 3.05) is 25.0 Å². The van der Waals surface area contributed by atoms with E-state index in [-0.39, 0.29) is 29.9 Å². The molecule has 8 heteroatoms. The molecule has 0 radical (unpaired) electrons. The molecule has 0 bridgehead atoms. The van der Waals surface area contributed by atoms with E-state index in [4.69, 9.17) is 5.41 Å². The van der Waals surface area contributed by atoms with Crippen LogP contribution >= 0.6 is 0 Å². The number of amides is 2. The molecule has 1 aromatic heterocycles. The van der Waals surface area contributed by atoms with Crippen molar-refractivity contribution in [3.63, 3.8) is 0 Å². The third-order valence-corrected chi connectivity index (χ3v) is 6.36. The molecule has 2 heterocycles. The lowest BCUT2D eigenvalue weighted by Gasteiger charge is -2.28. The van der Waals surface area contributed by atoms with Gasteiger partial charge in [0.1, 0.15) is 11.8 Å². The fraction of sp³-hybridized carbons (Fsp3) is 0.609. The smallest absolute Gasteiger partial charge is 0.242 e. The Hall–Kier alpha value is -2.77. The molecule has 2 aliphatic rings. The second kappa shape index (κ2) is 10.5. The van der Waals surface area contributed by atoms with Crippen LogP contribution in [0.1, 0.15) is 57.9 Å². The predicted octanol–water partition coefficient (Wildman–Crippen LogP) is 2.38. The molecule has 0 spiro atoms. The zero-order valence-electron chi connectivity index (χ0n) is 18.4. The quantitative estimate of drug-likeness (QED) is 0.551. The number of anilines is 1.